The molecule has 18 heavy (non-hydrogen) atoms. The lowest BCUT2D eigenvalue weighted by Gasteiger charge is -2.25. The van der Waals surface area contributed by atoms with E-state index in [0.717, 1.165) is 32.8 Å². The smallest absolute Gasteiger partial charge is 0.330 e. The minimum atomic E-state index is -0.348. The van der Waals surface area contributed by atoms with Gasteiger partial charge in [-0.15, -0.1) is 0 Å². The van der Waals surface area contributed by atoms with E-state index >= 15 is 0 Å². The van der Waals surface area contributed by atoms with Crippen molar-refractivity contribution in [2.24, 2.45) is 0 Å². The molecule has 1 saturated heterocycles. The van der Waals surface area contributed by atoms with Crippen LogP contribution in [0.2, 0.25) is 0 Å². The Bertz CT molecular complexity index is 380. The third kappa shape index (κ3) is 4.35. The molecule has 0 radical (unpaired) electrons. The third-order valence-electron chi connectivity index (χ3n) is 2.68. The van der Waals surface area contributed by atoms with Gasteiger partial charge in [0.05, 0.1) is 19.5 Å². The maximum atomic E-state index is 11.4. The van der Waals surface area contributed by atoms with Gasteiger partial charge in [-0.25, -0.2) is 4.79 Å². The fraction of sp³-hybridized carbons (Fsp3) is 0.462. The highest BCUT2D eigenvalue weighted by Crippen LogP contribution is 2.02. The summed E-state index contributed by atoms with van der Waals surface area (Å²) in [5.74, 6) is 0.291. The zero-order chi connectivity index (χ0) is 12.6. The van der Waals surface area contributed by atoms with Crippen molar-refractivity contribution in [2.45, 2.75) is 0 Å². The van der Waals surface area contributed by atoms with Crippen LogP contribution >= 0.6 is 0 Å². The van der Waals surface area contributed by atoms with Gasteiger partial charge in [0.1, 0.15) is 12.4 Å². The Labute approximate surface area is 106 Å². The summed E-state index contributed by atoms with van der Waals surface area (Å²) < 4.78 is 15.4. The molecule has 0 aromatic carbocycles. The summed E-state index contributed by atoms with van der Waals surface area (Å²) in [5, 5.41) is 0. The fourth-order valence-corrected chi connectivity index (χ4v) is 1.68. The van der Waals surface area contributed by atoms with Gasteiger partial charge < -0.3 is 13.9 Å². The molecule has 1 aromatic heterocycles. The van der Waals surface area contributed by atoms with E-state index in [2.05, 4.69) is 4.90 Å². The molecule has 0 N–H and O–H groups in total. The molecule has 2 heterocycles. The Hall–Kier alpha value is -1.59. The molecule has 1 aliphatic heterocycles. The van der Waals surface area contributed by atoms with Gasteiger partial charge in [0.25, 0.3) is 0 Å². The van der Waals surface area contributed by atoms with Crippen LogP contribution in [0.15, 0.2) is 28.9 Å². The average molecular weight is 251 g/mol. The molecule has 0 unspecified atom stereocenters. The monoisotopic (exact) mass is 251 g/mol. The second kappa shape index (κ2) is 6.98. The van der Waals surface area contributed by atoms with Crippen molar-refractivity contribution in [3.63, 3.8) is 0 Å². The second-order valence-electron chi connectivity index (χ2n) is 3.97. The molecule has 98 valence electrons. The lowest BCUT2D eigenvalue weighted by atomic mass is 10.4. The first-order valence-corrected chi connectivity index (χ1v) is 6.03. The topological polar surface area (TPSA) is 51.9 Å². The summed E-state index contributed by atoms with van der Waals surface area (Å²) in [6, 6.07) is 3.54. The third-order valence-corrected chi connectivity index (χ3v) is 2.68. The molecule has 2 rings (SSSR count). The fourth-order valence-electron chi connectivity index (χ4n) is 1.68. The summed E-state index contributed by atoms with van der Waals surface area (Å²) in [6.07, 6.45) is 4.53. The van der Waals surface area contributed by atoms with Gasteiger partial charge in [0.2, 0.25) is 0 Å². The van der Waals surface area contributed by atoms with Crippen molar-refractivity contribution in [1.29, 1.82) is 0 Å². The first kappa shape index (κ1) is 12.9. The second-order valence-corrected chi connectivity index (χ2v) is 3.97. The quantitative estimate of drug-likeness (QED) is 0.581. The zero-order valence-electron chi connectivity index (χ0n) is 10.2. The molecular formula is C13H17NO4. The van der Waals surface area contributed by atoms with Crippen molar-refractivity contribution in [3.05, 3.63) is 30.2 Å². The number of furan rings is 1. The van der Waals surface area contributed by atoms with Crippen LogP contribution in [-0.4, -0.2) is 50.3 Å². The van der Waals surface area contributed by atoms with E-state index in [1.807, 2.05) is 0 Å². The Morgan fingerprint density at radius 3 is 3.00 bits per heavy atom. The maximum Gasteiger partial charge on any atom is 0.330 e. The largest absolute Gasteiger partial charge is 0.465 e. The Morgan fingerprint density at radius 1 is 1.44 bits per heavy atom. The molecule has 1 fully saturated rings. The number of carbonyl (C=O) groups excluding carboxylic acids is 1. The van der Waals surface area contributed by atoms with Crippen molar-refractivity contribution in [2.75, 3.05) is 39.5 Å². The number of nitrogens with zero attached hydrogens (tertiary/aromatic N) is 1. The molecular weight excluding hydrogens is 234 g/mol. The first-order chi connectivity index (χ1) is 8.84. The van der Waals surface area contributed by atoms with Crippen LogP contribution in [0.4, 0.5) is 0 Å². The van der Waals surface area contributed by atoms with E-state index in [1.165, 1.54) is 6.08 Å². The maximum absolute atomic E-state index is 11.4. The van der Waals surface area contributed by atoms with Crippen LogP contribution in [0.1, 0.15) is 5.76 Å². The predicted octanol–water partition coefficient (Wildman–Crippen LogP) is 1.17. The highest BCUT2D eigenvalue weighted by molar-refractivity contribution is 5.86. The number of esters is 1. The van der Waals surface area contributed by atoms with Crippen LogP contribution in [0.5, 0.6) is 0 Å². The predicted molar refractivity (Wildman–Crippen MR) is 66.0 cm³/mol. The highest BCUT2D eigenvalue weighted by Gasteiger charge is 2.10. The zero-order valence-corrected chi connectivity index (χ0v) is 10.2. The molecule has 0 aliphatic carbocycles. The van der Waals surface area contributed by atoms with E-state index in [4.69, 9.17) is 13.9 Å². The van der Waals surface area contributed by atoms with Crippen LogP contribution in [0.25, 0.3) is 6.08 Å². The minimum Gasteiger partial charge on any atom is -0.465 e. The number of ether oxygens (including phenoxy) is 2. The van der Waals surface area contributed by atoms with Gasteiger partial charge in [0, 0.05) is 25.7 Å². The minimum absolute atomic E-state index is 0.348. The van der Waals surface area contributed by atoms with Gasteiger partial charge in [-0.3, -0.25) is 4.90 Å². The molecule has 0 atom stereocenters. The SMILES string of the molecule is O=C(/C=C/c1ccco1)OCCN1CCOCC1. The summed E-state index contributed by atoms with van der Waals surface area (Å²) in [6.45, 7) is 4.48. The summed E-state index contributed by atoms with van der Waals surface area (Å²) in [5.41, 5.74) is 0. The van der Waals surface area contributed by atoms with Crippen molar-refractivity contribution < 1.29 is 18.7 Å². The Balaban J connectivity index is 1.62. The van der Waals surface area contributed by atoms with E-state index in [0.29, 0.717) is 12.4 Å². The lowest BCUT2D eigenvalue weighted by molar-refractivity contribution is -0.138. The molecule has 5 nitrogen and oxygen atoms in total. The highest BCUT2D eigenvalue weighted by atomic mass is 16.5. The summed E-state index contributed by atoms with van der Waals surface area (Å²) in [4.78, 5) is 13.6. The van der Waals surface area contributed by atoms with Crippen molar-refractivity contribution in [3.8, 4) is 0 Å². The Kier molecular flexibility index (Phi) is 4.99. The van der Waals surface area contributed by atoms with E-state index in [-0.39, 0.29) is 5.97 Å². The average Bonchev–Trinajstić information content (AvgIpc) is 2.91. The van der Waals surface area contributed by atoms with E-state index in [9.17, 15) is 4.79 Å². The molecule has 0 amide bonds. The molecule has 0 saturated carbocycles. The normalized spacial score (nSPS) is 17.1. The Morgan fingerprint density at radius 2 is 2.28 bits per heavy atom. The number of rotatable bonds is 5. The van der Waals surface area contributed by atoms with Crippen LogP contribution < -0.4 is 0 Å². The molecule has 5 heteroatoms. The summed E-state index contributed by atoms with van der Waals surface area (Å²) >= 11 is 0. The van der Waals surface area contributed by atoms with Gasteiger partial charge in [0.15, 0.2) is 0 Å². The molecule has 0 bridgehead atoms. The van der Waals surface area contributed by atoms with Gasteiger partial charge in [-0.1, -0.05) is 0 Å². The van der Waals surface area contributed by atoms with Gasteiger partial charge in [-0.05, 0) is 18.2 Å². The number of hydrogen-bond acceptors (Lipinski definition) is 5. The molecule has 1 aliphatic rings. The van der Waals surface area contributed by atoms with Gasteiger partial charge >= 0.3 is 5.97 Å². The summed E-state index contributed by atoms with van der Waals surface area (Å²) in [7, 11) is 0. The van der Waals surface area contributed by atoms with E-state index in [1.54, 1.807) is 24.5 Å². The number of hydrogen-bond donors (Lipinski definition) is 0. The number of carbonyl (C=O) groups is 1. The van der Waals surface area contributed by atoms with Crippen LogP contribution in [0.3, 0.4) is 0 Å². The molecule has 1 aromatic rings. The van der Waals surface area contributed by atoms with Gasteiger partial charge in [-0.2, -0.15) is 0 Å². The van der Waals surface area contributed by atoms with Crippen LogP contribution in [0, 0.1) is 0 Å². The van der Waals surface area contributed by atoms with Crippen molar-refractivity contribution >= 4 is 12.0 Å². The van der Waals surface area contributed by atoms with E-state index < -0.39 is 0 Å². The molecule has 0 spiro atoms. The first-order valence-electron chi connectivity index (χ1n) is 6.03. The lowest BCUT2D eigenvalue weighted by Crippen LogP contribution is -2.38. The standard InChI is InChI=1S/C13H17NO4/c15-13(4-3-12-2-1-8-17-12)18-11-7-14-5-9-16-10-6-14/h1-4,8H,5-7,9-11H2/b4-3+. The number of morpholine rings is 1. The van der Waals surface area contributed by atoms with Crippen molar-refractivity contribution in [1.82, 2.24) is 4.90 Å². The van der Waals surface area contributed by atoms with Crippen LogP contribution in [-0.2, 0) is 14.3 Å².